The van der Waals surface area contributed by atoms with Crippen molar-refractivity contribution in [2.75, 3.05) is 13.4 Å². The zero-order chi connectivity index (χ0) is 23.1. The SMILES string of the molecule is CCc1c(C(=O)O)cc(OCOCC[Si](C)(C)C)c2ccc(OCc3ccccc3)cc12. The minimum atomic E-state index is -1.18. The van der Waals surface area contributed by atoms with E-state index in [-0.39, 0.29) is 12.4 Å². The molecule has 170 valence electrons. The van der Waals surface area contributed by atoms with Crippen LogP contribution in [-0.2, 0) is 17.8 Å². The summed E-state index contributed by atoms with van der Waals surface area (Å²) < 4.78 is 17.5. The first kappa shape index (κ1) is 23.8. The largest absolute Gasteiger partial charge is 0.489 e. The van der Waals surface area contributed by atoms with E-state index in [4.69, 9.17) is 14.2 Å². The molecule has 0 radical (unpaired) electrons. The van der Waals surface area contributed by atoms with E-state index in [1.54, 1.807) is 6.07 Å². The molecule has 6 heteroatoms. The molecule has 0 bridgehead atoms. The molecule has 0 amide bonds. The molecule has 0 aliphatic rings. The number of aromatic carboxylic acids is 1. The predicted octanol–water partition coefficient (Wildman–Crippen LogP) is 6.37. The molecule has 5 nitrogen and oxygen atoms in total. The van der Waals surface area contributed by atoms with Crippen LogP contribution >= 0.6 is 0 Å². The van der Waals surface area contributed by atoms with E-state index in [0.29, 0.717) is 31.1 Å². The van der Waals surface area contributed by atoms with E-state index in [2.05, 4.69) is 19.6 Å². The van der Waals surface area contributed by atoms with Crippen LogP contribution in [0.3, 0.4) is 0 Å². The molecular weight excluding hydrogens is 420 g/mol. The number of ether oxygens (including phenoxy) is 3. The molecule has 0 saturated heterocycles. The number of fused-ring (bicyclic) bond motifs is 1. The van der Waals surface area contributed by atoms with Crippen LogP contribution in [0.5, 0.6) is 11.5 Å². The van der Waals surface area contributed by atoms with E-state index >= 15 is 0 Å². The molecule has 0 unspecified atom stereocenters. The van der Waals surface area contributed by atoms with Crippen molar-refractivity contribution in [1.82, 2.24) is 0 Å². The van der Waals surface area contributed by atoms with E-state index in [1.807, 2.05) is 55.5 Å². The van der Waals surface area contributed by atoms with Gasteiger partial charge >= 0.3 is 5.97 Å². The van der Waals surface area contributed by atoms with Gasteiger partial charge in [-0.2, -0.15) is 0 Å². The lowest BCUT2D eigenvalue weighted by Gasteiger charge is -2.17. The van der Waals surface area contributed by atoms with Gasteiger partial charge in [0.25, 0.3) is 0 Å². The van der Waals surface area contributed by atoms with Gasteiger partial charge in [0, 0.05) is 20.1 Å². The Morgan fingerprint density at radius 3 is 2.38 bits per heavy atom. The van der Waals surface area contributed by atoms with Crippen LogP contribution in [0.15, 0.2) is 54.6 Å². The Balaban J connectivity index is 1.85. The summed E-state index contributed by atoms with van der Waals surface area (Å²) in [6, 6.07) is 18.3. The Labute approximate surface area is 190 Å². The van der Waals surface area contributed by atoms with Crippen LogP contribution in [0, 0.1) is 0 Å². The summed E-state index contributed by atoms with van der Waals surface area (Å²) in [5.41, 5.74) is 2.09. The van der Waals surface area contributed by atoms with E-state index in [1.165, 1.54) is 0 Å². The third kappa shape index (κ3) is 6.34. The van der Waals surface area contributed by atoms with Crippen LogP contribution in [0.2, 0.25) is 25.7 Å². The zero-order valence-corrected chi connectivity index (χ0v) is 20.3. The lowest BCUT2D eigenvalue weighted by atomic mass is 9.96. The van der Waals surface area contributed by atoms with Crippen molar-refractivity contribution in [3.63, 3.8) is 0 Å². The van der Waals surface area contributed by atoms with Crippen LogP contribution in [-0.4, -0.2) is 32.5 Å². The maximum absolute atomic E-state index is 11.9. The third-order valence-electron chi connectivity index (χ3n) is 5.31. The second kappa shape index (κ2) is 10.7. The van der Waals surface area contributed by atoms with Crippen molar-refractivity contribution < 1.29 is 24.1 Å². The highest BCUT2D eigenvalue weighted by Crippen LogP contribution is 2.35. The summed E-state index contributed by atoms with van der Waals surface area (Å²) in [4.78, 5) is 11.9. The van der Waals surface area contributed by atoms with Gasteiger partial charge in [-0.15, -0.1) is 0 Å². The second-order valence-corrected chi connectivity index (χ2v) is 14.6. The van der Waals surface area contributed by atoms with Gasteiger partial charge in [-0.25, -0.2) is 4.79 Å². The van der Waals surface area contributed by atoms with Crippen molar-refractivity contribution >= 4 is 24.8 Å². The first-order valence-corrected chi connectivity index (χ1v) is 14.7. The quantitative estimate of drug-likeness (QED) is 0.208. The van der Waals surface area contributed by atoms with Gasteiger partial charge in [0.2, 0.25) is 0 Å². The number of hydrogen-bond acceptors (Lipinski definition) is 4. The van der Waals surface area contributed by atoms with Gasteiger partial charge in [0.05, 0.1) is 5.56 Å². The van der Waals surface area contributed by atoms with Crippen LogP contribution in [0.25, 0.3) is 10.8 Å². The highest BCUT2D eigenvalue weighted by molar-refractivity contribution is 6.76. The monoisotopic (exact) mass is 452 g/mol. The zero-order valence-electron chi connectivity index (χ0n) is 19.3. The Hall–Kier alpha value is -2.83. The van der Waals surface area contributed by atoms with Crippen molar-refractivity contribution in [3.8, 4) is 11.5 Å². The number of carboxylic acids is 1. The fourth-order valence-corrected chi connectivity index (χ4v) is 4.25. The Bertz CT molecular complexity index is 1060. The molecule has 3 aromatic rings. The lowest BCUT2D eigenvalue weighted by molar-refractivity contribution is 0.0228. The average Bonchev–Trinajstić information content (AvgIpc) is 2.76. The van der Waals surface area contributed by atoms with Crippen LogP contribution < -0.4 is 9.47 Å². The van der Waals surface area contributed by atoms with E-state index in [0.717, 1.165) is 27.9 Å². The molecule has 0 aliphatic heterocycles. The summed E-state index contributed by atoms with van der Waals surface area (Å²) in [6.45, 7) is 10.0. The molecule has 0 heterocycles. The topological polar surface area (TPSA) is 65.0 Å². The van der Waals surface area contributed by atoms with Crippen molar-refractivity contribution in [3.05, 3.63) is 71.3 Å². The molecular formula is C26H32O5Si. The second-order valence-electron chi connectivity index (χ2n) is 9.02. The molecule has 3 aromatic carbocycles. The molecule has 32 heavy (non-hydrogen) atoms. The predicted molar refractivity (Wildman–Crippen MR) is 131 cm³/mol. The van der Waals surface area contributed by atoms with Crippen LogP contribution in [0.4, 0.5) is 0 Å². The number of aryl methyl sites for hydroxylation is 1. The summed E-state index contributed by atoms with van der Waals surface area (Å²) >= 11 is 0. The first-order valence-electron chi connectivity index (χ1n) is 11.0. The average molecular weight is 453 g/mol. The summed E-state index contributed by atoms with van der Waals surface area (Å²) in [5.74, 6) is 0.233. The highest BCUT2D eigenvalue weighted by atomic mass is 28.3. The van der Waals surface area contributed by atoms with Gasteiger partial charge in [-0.3, -0.25) is 0 Å². The van der Waals surface area contributed by atoms with Gasteiger partial charge in [0.15, 0.2) is 6.79 Å². The van der Waals surface area contributed by atoms with Gasteiger partial charge in [-0.05, 0) is 53.2 Å². The number of rotatable bonds is 11. The minimum absolute atomic E-state index is 0.0936. The summed E-state index contributed by atoms with van der Waals surface area (Å²) in [7, 11) is -1.18. The van der Waals surface area contributed by atoms with E-state index in [9.17, 15) is 9.90 Å². The number of carbonyl (C=O) groups is 1. The molecule has 3 rings (SSSR count). The molecule has 0 spiro atoms. The maximum atomic E-state index is 11.9. The smallest absolute Gasteiger partial charge is 0.336 e. The highest BCUT2D eigenvalue weighted by Gasteiger charge is 2.18. The molecule has 0 atom stereocenters. The minimum Gasteiger partial charge on any atom is -0.489 e. The first-order chi connectivity index (χ1) is 15.3. The Morgan fingerprint density at radius 2 is 1.72 bits per heavy atom. The van der Waals surface area contributed by atoms with Gasteiger partial charge in [0.1, 0.15) is 18.1 Å². The third-order valence-corrected chi connectivity index (χ3v) is 7.01. The summed E-state index contributed by atoms with van der Waals surface area (Å²) in [5, 5.41) is 11.5. The van der Waals surface area contributed by atoms with Crippen molar-refractivity contribution in [2.45, 2.75) is 45.6 Å². The fraction of sp³-hybridized carbons (Fsp3) is 0.346. The molecule has 1 N–H and O–H groups in total. The fourth-order valence-electron chi connectivity index (χ4n) is 3.49. The number of carboxylic acid groups (broad SMARTS) is 1. The maximum Gasteiger partial charge on any atom is 0.336 e. The van der Waals surface area contributed by atoms with E-state index < -0.39 is 14.0 Å². The number of benzene rings is 3. The molecule has 0 fully saturated rings. The standard InChI is InChI=1S/C26H32O5Si/c1-5-21-23-15-20(30-17-19-9-7-6-8-10-19)11-12-22(23)25(16-24(21)26(27)28)31-18-29-13-14-32(2,3)4/h6-12,15-16H,5,13-14,17-18H2,1-4H3,(H,27,28). The normalized spacial score (nSPS) is 11.5. The Morgan fingerprint density at radius 1 is 0.969 bits per heavy atom. The summed E-state index contributed by atoms with van der Waals surface area (Å²) in [6.07, 6.45) is 0.591. The Kier molecular flexibility index (Phi) is 7.93. The van der Waals surface area contributed by atoms with Crippen molar-refractivity contribution in [1.29, 1.82) is 0 Å². The van der Waals surface area contributed by atoms with Crippen molar-refractivity contribution in [2.24, 2.45) is 0 Å². The molecule has 0 aliphatic carbocycles. The molecule has 0 aromatic heterocycles. The number of hydrogen-bond donors (Lipinski definition) is 1. The molecule has 0 saturated carbocycles. The lowest BCUT2D eigenvalue weighted by Crippen LogP contribution is -2.22. The van der Waals surface area contributed by atoms with Gasteiger partial charge in [-0.1, -0.05) is 56.9 Å². The van der Waals surface area contributed by atoms with Gasteiger partial charge < -0.3 is 19.3 Å². The van der Waals surface area contributed by atoms with Crippen LogP contribution in [0.1, 0.15) is 28.4 Å².